The zero-order chi connectivity index (χ0) is 14.4. The fourth-order valence-electron chi connectivity index (χ4n) is 1.94. The van der Waals surface area contributed by atoms with Crippen molar-refractivity contribution >= 4 is 28.5 Å². The summed E-state index contributed by atoms with van der Waals surface area (Å²) in [5.74, 6) is -0.0521. The highest BCUT2D eigenvalue weighted by atomic mass is 127. The minimum atomic E-state index is -0.0521. The van der Waals surface area contributed by atoms with Crippen LogP contribution in [-0.4, -0.2) is 12.5 Å². The number of rotatable bonds is 5. The maximum atomic E-state index is 12.0. The van der Waals surface area contributed by atoms with Gasteiger partial charge in [0.15, 0.2) is 0 Å². The van der Waals surface area contributed by atoms with Gasteiger partial charge in [-0.1, -0.05) is 36.4 Å². The SMILES string of the molecule is NC(CCNC(=O)c1cccc(I)c1)c1ccccc1. The van der Waals surface area contributed by atoms with E-state index in [1.807, 2.05) is 54.6 Å². The topological polar surface area (TPSA) is 55.1 Å². The predicted octanol–water partition coefficient (Wildman–Crippen LogP) is 3.11. The average molecular weight is 380 g/mol. The standard InChI is InChI=1S/C16H17IN2O/c17-14-8-4-7-13(11-14)16(20)19-10-9-15(18)12-5-2-1-3-6-12/h1-8,11,15H,9-10,18H2,(H,19,20). The van der Waals surface area contributed by atoms with Crippen LogP contribution in [0.15, 0.2) is 54.6 Å². The number of carbonyl (C=O) groups is 1. The van der Waals surface area contributed by atoms with Gasteiger partial charge in [0, 0.05) is 21.7 Å². The molecule has 0 aliphatic heterocycles. The largest absolute Gasteiger partial charge is 0.352 e. The summed E-state index contributed by atoms with van der Waals surface area (Å²) < 4.78 is 1.05. The van der Waals surface area contributed by atoms with E-state index in [0.29, 0.717) is 12.1 Å². The number of halogens is 1. The first-order valence-electron chi connectivity index (χ1n) is 6.51. The van der Waals surface area contributed by atoms with Crippen molar-refractivity contribution in [1.29, 1.82) is 0 Å². The fraction of sp³-hybridized carbons (Fsp3) is 0.188. The van der Waals surface area contributed by atoms with Crippen LogP contribution in [0.1, 0.15) is 28.4 Å². The Hall–Kier alpha value is -1.40. The summed E-state index contributed by atoms with van der Waals surface area (Å²) in [5, 5.41) is 2.90. The first-order chi connectivity index (χ1) is 9.66. The quantitative estimate of drug-likeness (QED) is 0.784. The third kappa shape index (κ3) is 4.31. The molecule has 3 nitrogen and oxygen atoms in total. The van der Waals surface area contributed by atoms with E-state index in [4.69, 9.17) is 5.73 Å². The van der Waals surface area contributed by atoms with Gasteiger partial charge in [-0.3, -0.25) is 4.79 Å². The number of nitrogens with two attached hydrogens (primary N) is 1. The Morgan fingerprint density at radius 2 is 1.90 bits per heavy atom. The molecule has 0 heterocycles. The first-order valence-corrected chi connectivity index (χ1v) is 7.59. The molecule has 1 atom stereocenters. The van der Waals surface area contributed by atoms with Crippen molar-refractivity contribution < 1.29 is 4.79 Å². The van der Waals surface area contributed by atoms with Crippen molar-refractivity contribution in [2.24, 2.45) is 5.73 Å². The third-order valence-electron chi connectivity index (χ3n) is 3.06. The number of amides is 1. The van der Waals surface area contributed by atoms with Crippen LogP contribution in [0.25, 0.3) is 0 Å². The second-order valence-electron chi connectivity index (χ2n) is 4.57. The molecule has 4 heteroatoms. The Bertz CT molecular complexity index is 572. The minimum absolute atomic E-state index is 0.0487. The fourth-order valence-corrected chi connectivity index (χ4v) is 2.48. The highest BCUT2D eigenvalue weighted by molar-refractivity contribution is 14.1. The van der Waals surface area contributed by atoms with Crippen molar-refractivity contribution in [3.8, 4) is 0 Å². The van der Waals surface area contributed by atoms with Gasteiger partial charge in [0.25, 0.3) is 5.91 Å². The lowest BCUT2D eigenvalue weighted by molar-refractivity contribution is 0.0952. The molecule has 3 N–H and O–H groups in total. The van der Waals surface area contributed by atoms with Gasteiger partial charge >= 0.3 is 0 Å². The third-order valence-corrected chi connectivity index (χ3v) is 3.73. The second kappa shape index (κ2) is 7.40. The number of hydrogen-bond donors (Lipinski definition) is 2. The van der Waals surface area contributed by atoms with Crippen molar-refractivity contribution in [2.45, 2.75) is 12.5 Å². The summed E-state index contributed by atoms with van der Waals surface area (Å²) in [6.07, 6.45) is 0.722. The molecule has 1 unspecified atom stereocenters. The summed E-state index contributed by atoms with van der Waals surface area (Å²) >= 11 is 2.19. The van der Waals surface area contributed by atoms with Gasteiger partial charge in [0.05, 0.1) is 0 Å². The summed E-state index contributed by atoms with van der Waals surface area (Å²) in [7, 11) is 0. The Balaban J connectivity index is 1.83. The van der Waals surface area contributed by atoms with E-state index in [9.17, 15) is 4.79 Å². The number of nitrogens with one attached hydrogen (secondary N) is 1. The van der Waals surface area contributed by atoms with E-state index in [1.165, 1.54) is 0 Å². The molecule has 104 valence electrons. The highest BCUT2D eigenvalue weighted by Gasteiger charge is 2.08. The van der Waals surface area contributed by atoms with Gasteiger partial charge in [0.1, 0.15) is 0 Å². The molecule has 0 aliphatic rings. The Labute approximate surface area is 132 Å². The maximum Gasteiger partial charge on any atom is 0.251 e. The van der Waals surface area contributed by atoms with Crippen LogP contribution in [0.2, 0.25) is 0 Å². The summed E-state index contributed by atoms with van der Waals surface area (Å²) in [5.41, 5.74) is 7.87. The van der Waals surface area contributed by atoms with E-state index in [-0.39, 0.29) is 11.9 Å². The van der Waals surface area contributed by atoms with Gasteiger partial charge in [-0.15, -0.1) is 0 Å². The van der Waals surface area contributed by atoms with Crippen LogP contribution < -0.4 is 11.1 Å². The van der Waals surface area contributed by atoms with Crippen LogP contribution >= 0.6 is 22.6 Å². The van der Waals surface area contributed by atoms with Gasteiger partial charge in [0.2, 0.25) is 0 Å². The zero-order valence-electron chi connectivity index (χ0n) is 11.1. The van der Waals surface area contributed by atoms with E-state index < -0.39 is 0 Å². The number of carbonyl (C=O) groups excluding carboxylic acids is 1. The van der Waals surface area contributed by atoms with Gasteiger partial charge in [-0.05, 0) is 52.8 Å². The maximum absolute atomic E-state index is 12.0. The molecule has 0 bridgehead atoms. The van der Waals surface area contributed by atoms with Crippen molar-refractivity contribution in [3.05, 3.63) is 69.3 Å². The molecular weight excluding hydrogens is 363 g/mol. The first kappa shape index (κ1) is 15.0. The monoisotopic (exact) mass is 380 g/mol. The van der Waals surface area contributed by atoms with Crippen LogP contribution in [0.3, 0.4) is 0 Å². The van der Waals surface area contributed by atoms with Gasteiger partial charge in [-0.25, -0.2) is 0 Å². The van der Waals surface area contributed by atoms with E-state index >= 15 is 0 Å². The normalized spacial score (nSPS) is 11.9. The van der Waals surface area contributed by atoms with Crippen molar-refractivity contribution in [3.63, 3.8) is 0 Å². The highest BCUT2D eigenvalue weighted by Crippen LogP contribution is 2.12. The number of benzene rings is 2. The van der Waals surface area contributed by atoms with Crippen molar-refractivity contribution in [1.82, 2.24) is 5.32 Å². The van der Waals surface area contributed by atoms with Gasteiger partial charge in [-0.2, -0.15) is 0 Å². The molecule has 2 aromatic carbocycles. The van der Waals surface area contributed by atoms with Gasteiger partial charge < -0.3 is 11.1 Å². The predicted molar refractivity (Wildman–Crippen MR) is 89.5 cm³/mol. The Morgan fingerprint density at radius 1 is 1.15 bits per heavy atom. The minimum Gasteiger partial charge on any atom is -0.352 e. The molecular formula is C16H17IN2O. The molecule has 0 aromatic heterocycles. The van der Waals surface area contributed by atoms with Crippen LogP contribution in [-0.2, 0) is 0 Å². The zero-order valence-corrected chi connectivity index (χ0v) is 13.2. The summed E-state index contributed by atoms with van der Waals surface area (Å²) in [4.78, 5) is 12.0. The van der Waals surface area contributed by atoms with Crippen LogP contribution in [0, 0.1) is 3.57 Å². The average Bonchev–Trinajstić information content (AvgIpc) is 2.48. The molecule has 0 spiro atoms. The van der Waals surface area contributed by atoms with Crippen molar-refractivity contribution in [2.75, 3.05) is 6.54 Å². The second-order valence-corrected chi connectivity index (χ2v) is 5.82. The molecule has 0 saturated carbocycles. The smallest absolute Gasteiger partial charge is 0.251 e. The molecule has 0 saturated heterocycles. The van der Waals surface area contributed by atoms with Crippen LogP contribution in [0.5, 0.6) is 0 Å². The molecule has 0 aliphatic carbocycles. The lowest BCUT2D eigenvalue weighted by atomic mass is 10.1. The molecule has 20 heavy (non-hydrogen) atoms. The van der Waals surface area contributed by atoms with E-state index in [0.717, 1.165) is 15.6 Å². The van der Waals surface area contributed by atoms with Crippen LogP contribution in [0.4, 0.5) is 0 Å². The van der Waals surface area contributed by atoms with E-state index in [1.54, 1.807) is 0 Å². The lowest BCUT2D eigenvalue weighted by Gasteiger charge is -2.12. The lowest BCUT2D eigenvalue weighted by Crippen LogP contribution is -2.27. The summed E-state index contributed by atoms with van der Waals surface area (Å²) in [6.45, 7) is 0.570. The van der Waals surface area contributed by atoms with E-state index in [2.05, 4.69) is 27.9 Å². The summed E-state index contributed by atoms with van der Waals surface area (Å²) in [6, 6.07) is 17.4. The molecule has 2 rings (SSSR count). The molecule has 0 fully saturated rings. The molecule has 0 radical (unpaired) electrons. The Morgan fingerprint density at radius 3 is 2.60 bits per heavy atom. The Kier molecular flexibility index (Phi) is 5.55. The molecule has 2 aromatic rings. The molecule has 1 amide bonds. The number of hydrogen-bond acceptors (Lipinski definition) is 2.